The maximum absolute atomic E-state index is 9.10. The van der Waals surface area contributed by atoms with Crippen molar-refractivity contribution in [3.63, 3.8) is 0 Å². The number of aliphatic hydroxyl groups is 1. The van der Waals surface area contributed by atoms with E-state index in [-0.39, 0.29) is 0 Å². The van der Waals surface area contributed by atoms with Gasteiger partial charge in [0.05, 0.1) is 6.10 Å². The van der Waals surface area contributed by atoms with Crippen molar-refractivity contribution in [2.75, 3.05) is 0 Å². The molecular formula is C8H16O2. The fourth-order valence-corrected chi connectivity index (χ4v) is 1.34. The van der Waals surface area contributed by atoms with Crippen LogP contribution in [0.4, 0.5) is 0 Å². The Balaban J connectivity index is 2.11. The maximum atomic E-state index is 9.10. The lowest BCUT2D eigenvalue weighted by atomic mass is 10.3. The van der Waals surface area contributed by atoms with E-state index in [1.807, 2.05) is 6.92 Å². The highest BCUT2D eigenvalue weighted by molar-refractivity contribution is 4.66. The van der Waals surface area contributed by atoms with Gasteiger partial charge in [0.15, 0.2) is 6.29 Å². The van der Waals surface area contributed by atoms with Crippen LogP contribution < -0.4 is 0 Å². The minimum absolute atomic E-state index is 0.343. The molecule has 2 heteroatoms. The second-order valence-corrected chi connectivity index (χ2v) is 2.91. The van der Waals surface area contributed by atoms with Crippen LogP contribution in [0.2, 0.25) is 0 Å². The number of rotatable bonds is 3. The van der Waals surface area contributed by atoms with Gasteiger partial charge in [0.2, 0.25) is 0 Å². The minimum atomic E-state index is -0.525. The number of aliphatic hydroxyl groups excluding tert-OH is 1. The van der Waals surface area contributed by atoms with E-state index in [9.17, 15) is 0 Å². The summed E-state index contributed by atoms with van der Waals surface area (Å²) in [5, 5.41) is 9.10. The average molecular weight is 144 g/mol. The van der Waals surface area contributed by atoms with Gasteiger partial charge in [-0.3, -0.25) is 0 Å². The highest BCUT2D eigenvalue weighted by Gasteiger charge is 2.17. The highest BCUT2D eigenvalue weighted by atomic mass is 16.6. The zero-order valence-electron chi connectivity index (χ0n) is 6.55. The van der Waals surface area contributed by atoms with Gasteiger partial charge in [-0.25, -0.2) is 0 Å². The van der Waals surface area contributed by atoms with E-state index >= 15 is 0 Å². The van der Waals surface area contributed by atoms with Crippen LogP contribution in [0.3, 0.4) is 0 Å². The van der Waals surface area contributed by atoms with Gasteiger partial charge in [0, 0.05) is 0 Å². The van der Waals surface area contributed by atoms with Gasteiger partial charge in [0.25, 0.3) is 0 Å². The van der Waals surface area contributed by atoms with Crippen molar-refractivity contribution in [3.8, 4) is 0 Å². The summed E-state index contributed by atoms with van der Waals surface area (Å²) >= 11 is 0. The smallest absolute Gasteiger partial charge is 0.154 e. The van der Waals surface area contributed by atoms with Crippen molar-refractivity contribution in [2.45, 2.75) is 51.4 Å². The summed E-state index contributed by atoms with van der Waals surface area (Å²) in [5.74, 6) is 0. The predicted molar refractivity (Wildman–Crippen MR) is 39.6 cm³/mol. The highest BCUT2D eigenvalue weighted by Crippen LogP contribution is 2.22. The molecule has 0 amide bonds. The molecule has 1 aliphatic rings. The lowest BCUT2D eigenvalue weighted by molar-refractivity contribution is -0.134. The maximum Gasteiger partial charge on any atom is 0.154 e. The predicted octanol–water partition coefficient (Wildman–Crippen LogP) is 1.67. The van der Waals surface area contributed by atoms with Crippen LogP contribution in [0.15, 0.2) is 0 Å². The normalized spacial score (nSPS) is 23.4. The first-order chi connectivity index (χ1) is 4.83. The Morgan fingerprint density at radius 2 is 2.10 bits per heavy atom. The fraction of sp³-hybridized carbons (Fsp3) is 1.00. The minimum Gasteiger partial charge on any atom is -0.368 e. The van der Waals surface area contributed by atoms with Gasteiger partial charge in [-0.1, -0.05) is 19.8 Å². The SMILES string of the molecule is CCC(O)OC1CCCC1. The number of hydrogen-bond donors (Lipinski definition) is 1. The van der Waals surface area contributed by atoms with E-state index in [0.717, 1.165) is 12.8 Å². The summed E-state index contributed by atoms with van der Waals surface area (Å²) in [4.78, 5) is 0. The van der Waals surface area contributed by atoms with Crippen LogP contribution in [0.5, 0.6) is 0 Å². The third-order valence-corrected chi connectivity index (χ3v) is 2.00. The Bertz CT molecular complexity index is 87.3. The molecule has 60 valence electrons. The fourth-order valence-electron chi connectivity index (χ4n) is 1.34. The molecule has 2 nitrogen and oxygen atoms in total. The summed E-state index contributed by atoms with van der Waals surface area (Å²) in [6.07, 6.45) is 5.32. The Hall–Kier alpha value is -0.0800. The van der Waals surface area contributed by atoms with E-state index in [1.54, 1.807) is 0 Å². The Morgan fingerprint density at radius 3 is 2.60 bits per heavy atom. The van der Waals surface area contributed by atoms with Crippen LogP contribution in [0, 0.1) is 0 Å². The molecule has 1 unspecified atom stereocenters. The van der Waals surface area contributed by atoms with Crippen LogP contribution in [-0.4, -0.2) is 17.5 Å². The van der Waals surface area contributed by atoms with Crippen molar-refractivity contribution in [1.29, 1.82) is 0 Å². The van der Waals surface area contributed by atoms with Gasteiger partial charge in [0.1, 0.15) is 0 Å². The lowest BCUT2D eigenvalue weighted by Gasteiger charge is -2.14. The Labute approximate surface area is 62.2 Å². The summed E-state index contributed by atoms with van der Waals surface area (Å²) in [7, 11) is 0. The quantitative estimate of drug-likeness (QED) is 0.610. The molecule has 1 atom stereocenters. The van der Waals surface area contributed by atoms with E-state index < -0.39 is 6.29 Å². The molecular weight excluding hydrogens is 128 g/mol. The van der Waals surface area contributed by atoms with Crippen LogP contribution in [0.25, 0.3) is 0 Å². The Kier molecular flexibility index (Phi) is 3.16. The molecule has 1 saturated carbocycles. The topological polar surface area (TPSA) is 29.5 Å². The van der Waals surface area contributed by atoms with Crippen molar-refractivity contribution >= 4 is 0 Å². The molecule has 1 fully saturated rings. The van der Waals surface area contributed by atoms with Crippen LogP contribution in [-0.2, 0) is 4.74 Å². The van der Waals surface area contributed by atoms with Gasteiger partial charge in [-0.15, -0.1) is 0 Å². The molecule has 0 aromatic carbocycles. The first-order valence-electron chi connectivity index (χ1n) is 4.16. The molecule has 0 saturated heterocycles. The summed E-state index contributed by atoms with van der Waals surface area (Å²) in [6, 6.07) is 0. The zero-order valence-corrected chi connectivity index (χ0v) is 6.55. The van der Waals surface area contributed by atoms with Gasteiger partial charge < -0.3 is 9.84 Å². The van der Waals surface area contributed by atoms with E-state index in [4.69, 9.17) is 9.84 Å². The van der Waals surface area contributed by atoms with E-state index in [1.165, 1.54) is 12.8 Å². The summed E-state index contributed by atoms with van der Waals surface area (Å²) < 4.78 is 5.32. The van der Waals surface area contributed by atoms with Crippen molar-refractivity contribution in [3.05, 3.63) is 0 Å². The average Bonchev–Trinajstić information content (AvgIpc) is 2.40. The molecule has 0 aliphatic heterocycles. The standard InChI is InChI=1S/C8H16O2/c1-2-8(9)10-7-5-3-4-6-7/h7-9H,2-6H2,1H3. The van der Waals surface area contributed by atoms with Gasteiger partial charge >= 0.3 is 0 Å². The molecule has 1 aliphatic carbocycles. The molecule has 1 N–H and O–H groups in total. The molecule has 0 bridgehead atoms. The first-order valence-corrected chi connectivity index (χ1v) is 4.16. The second kappa shape index (κ2) is 3.94. The lowest BCUT2D eigenvalue weighted by Crippen LogP contribution is -2.18. The summed E-state index contributed by atoms with van der Waals surface area (Å²) in [5.41, 5.74) is 0. The Morgan fingerprint density at radius 1 is 1.50 bits per heavy atom. The van der Waals surface area contributed by atoms with Gasteiger partial charge in [-0.05, 0) is 19.3 Å². The second-order valence-electron chi connectivity index (χ2n) is 2.91. The van der Waals surface area contributed by atoms with Gasteiger partial charge in [-0.2, -0.15) is 0 Å². The van der Waals surface area contributed by atoms with E-state index in [0.29, 0.717) is 12.5 Å². The monoisotopic (exact) mass is 144 g/mol. The molecule has 0 spiro atoms. The van der Waals surface area contributed by atoms with Crippen molar-refractivity contribution in [1.82, 2.24) is 0 Å². The third-order valence-electron chi connectivity index (χ3n) is 2.00. The number of ether oxygens (including phenoxy) is 1. The molecule has 0 aromatic rings. The third kappa shape index (κ3) is 2.27. The largest absolute Gasteiger partial charge is 0.368 e. The molecule has 0 heterocycles. The molecule has 0 aromatic heterocycles. The molecule has 0 radical (unpaired) electrons. The zero-order chi connectivity index (χ0) is 7.40. The summed E-state index contributed by atoms with van der Waals surface area (Å²) in [6.45, 7) is 1.93. The first kappa shape index (κ1) is 8.02. The molecule has 10 heavy (non-hydrogen) atoms. The van der Waals surface area contributed by atoms with E-state index in [2.05, 4.69) is 0 Å². The van der Waals surface area contributed by atoms with Crippen molar-refractivity contribution in [2.24, 2.45) is 0 Å². The van der Waals surface area contributed by atoms with Crippen molar-refractivity contribution < 1.29 is 9.84 Å². The van der Waals surface area contributed by atoms with Crippen LogP contribution >= 0.6 is 0 Å². The number of hydrogen-bond acceptors (Lipinski definition) is 2. The molecule has 1 rings (SSSR count). The van der Waals surface area contributed by atoms with Crippen LogP contribution in [0.1, 0.15) is 39.0 Å².